The lowest BCUT2D eigenvalue weighted by atomic mass is 10.1. The predicted octanol–water partition coefficient (Wildman–Crippen LogP) is 6.35. The first-order chi connectivity index (χ1) is 15.1. The molecule has 8 heteroatoms. The smallest absolute Gasteiger partial charge is 0.435 e. The molecule has 0 atom stereocenters. The fourth-order valence-corrected chi connectivity index (χ4v) is 4.10. The zero-order valence-electron chi connectivity index (χ0n) is 20.9. The Hall–Kier alpha value is -2.45. The molecule has 0 saturated heterocycles. The van der Waals surface area contributed by atoms with Crippen LogP contribution >= 0.6 is 0 Å². The number of hydrogen-bond acceptors (Lipinski definition) is 5. The van der Waals surface area contributed by atoms with E-state index in [2.05, 4.69) is 39.0 Å². The molecule has 0 aliphatic heterocycles. The van der Waals surface area contributed by atoms with Crippen molar-refractivity contribution in [1.82, 2.24) is 9.78 Å². The number of aromatic nitrogens is 2. The zero-order valence-corrected chi connectivity index (χ0v) is 21.9. The molecular formula is C25H35FN2O4Si. The summed E-state index contributed by atoms with van der Waals surface area (Å²) in [6.07, 6.45) is 3.51. The predicted molar refractivity (Wildman–Crippen MR) is 129 cm³/mol. The summed E-state index contributed by atoms with van der Waals surface area (Å²) in [4.78, 5) is 12.1. The van der Waals surface area contributed by atoms with Gasteiger partial charge in [0.15, 0.2) is 8.32 Å². The van der Waals surface area contributed by atoms with Gasteiger partial charge in [0.2, 0.25) is 0 Å². The third-order valence-corrected chi connectivity index (χ3v) is 10.5. The Bertz CT molecular complexity index is 1060. The Morgan fingerprint density at radius 2 is 1.85 bits per heavy atom. The van der Waals surface area contributed by atoms with E-state index in [1.165, 1.54) is 12.3 Å². The molecule has 3 rings (SSSR count). The van der Waals surface area contributed by atoms with Crippen molar-refractivity contribution in [1.29, 1.82) is 0 Å². The van der Waals surface area contributed by atoms with Gasteiger partial charge in [0, 0.05) is 12.3 Å². The second-order valence-electron chi connectivity index (χ2n) is 11.0. The van der Waals surface area contributed by atoms with Crippen LogP contribution in [0.25, 0.3) is 6.08 Å². The quantitative estimate of drug-likeness (QED) is 0.457. The summed E-state index contributed by atoms with van der Waals surface area (Å²) in [5.74, 6) is 0.126. The van der Waals surface area contributed by atoms with Crippen LogP contribution in [0.1, 0.15) is 58.4 Å². The molecule has 0 spiro atoms. The van der Waals surface area contributed by atoms with E-state index in [-0.39, 0.29) is 17.5 Å². The lowest BCUT2D eigenvalue weighted by molar-refractivity contribution is 0.0513. The van der Waals surface area contributed by atoms with E-state index in [1.54, 1.807) is 26.8 Å². The van der Waals surface area contributed by atoms with Crippen molar-refractivity contribution in [2.24, 2.45) is 0 Å². The molecular weight excluding hydrogens is 439 g/mol. The summed E-state index contributed by atoms with van der Waals surface area (Å²) in [7, 11) is -1.87. The van der Waals surface area contributed by atoms with Crippen molar-refractivity contribution < 1.29 is 23.1 Å². The zero-order chi connectivity index (χ0) is 24.6. The Morgan fingerprint density at radius 1 is 1.15 bits per heavy atom. The van der Waals surface area contributed by atoms with Crippen LogP contribution in [0.2, 0.25) is 18.1 Å². The molecule has 0 amide bonds. The SMILES string of the molecule is CC(C)(C)OC(=O)n1ccc(COc2cc(F)c3c(c2)C=C(CO[Si](C)(C)C(C)(C)C)C3)n1. The minimum atomic E-state index is -1.87. The van der Waals surface area contributed by atoms with Gasteiger partial charge in [-0.25, -0.2) is 9.18 Å². The maximum atomic E-state index is 14.8. The number of rotatable bonds is 6. The first kappa shape index (κ1) is 25.2. The molecule has 1 aliphatic rings. The van der Waals surface area contributed by atoms with Gasteiger partial charge in [-0.3, -0.25) is 0 Å². The van der Waals surface area contributed by atoms with Crippen LogP contribution in [0.4, 0.5) is 9.18 Å². The topological polar surface area (TPSA) is 62.6 Å². The minimum Gasteiger partial charge on any atom is -0.487 e. The van der Waals surface area contributed by atoms with Gasteiger partial charge in [-0.05, 0) is 74.2 Å². The molecule has 1 aliphatic carbocycles. The molecule has 0 saturated carbocycles. The van der Waals surface area contributed by atoms with Gasteiger partial charge in [-0.15, -0.1) is 0 Å². The van der Waals surface area contributed by atoms with Crippen molar-refractivity contribution >= 4 is 20.5 Å². The van der Waals surface area contributed by atoms with Gasteiger partial charge in [0.1, 0.15) is 29.5 Å². The minimum absolute atomic E-state index is 0.110. The summed E-state index contributed by atoms with van der Waals surface area (Å²) in [6, 6.07) is 4.90. The van der Waals surface area contributed by atoms with Crippen LogP contribution in [0, 0.1) is 5.82 Å². The van der Waals surface area contributed by atoms with Crippen LogP contribution < -0.4 is 4.74 Å². The van der Waals surface area contributed by atoms with Crippen LogP contribution in [0.3, 0.4) is 0 Å². The number of benzene rings is 1. The Morgan fingerprint density at radius 3 is 2.48 bits per heavy atom. The van der Waals surface area contributed by atoms with Crippen LogP contribution in [0.15, 0.2) is 30.0 Å². The van der Waals surface area contributed by atoms with Gasteiger partial charge in [0.05, 0.1) is 6.61 Å². The summed E-state index contributed by atoms with van der Waals surface area (Å²) in [5, 5.41) is 4.31. The molecule has 2 aromatic rings. The van der Waals surface area contributed by atoms with Gasteiger partial charge in [0.25, 0.3) is 0 Å². The lowest BCUT2D eigenvalue weighted by Crippen LogP contribution is -2.41. The van der Waals surface area contributed by atoms with E-state index >= 15 is 0 Å². The van der Waals surface area contributed by atoms with E-state index < -0.39 is 20.0 Å². The van der Waals surface area contributed by atoms with Gasteiger partial charge < -0.3 is 13.9 Å². The van der Waals surface area contributed by atoms with E-state index in [1.807, 2.05) is 12.1 Å². The monoisotopic (exact) mass is 474 g/mol. The third-order valence-electron chi connectivity index (χ3n) is 6.00. The number of nitrogens with zero attached hydrogens (tertiary/aromatic N) is 2. The first-order valence-corrected chi connectivity index (χ1v) is 14.1. The molecule has 1 heterocycles. The van der Waals surface area contributed by atoms with Crippen molar-refractivity contribution in [3.05, 3.63) is 52.6 Å². The number of halogens is 1. The molecule has 0 bridgehead atoms. The second-order valence-corrected chi connectivity index (χ2v) is 15.8. The van der Waals surface area contributed by atoms with Gasteiger partial charge in [-0.2, -0.15) is 9.78 Å². The fraction of sp³-hybridized carbons (Fsp3) is 0.520. The highest BCUT2D eigenvalue weighted by Gasteiger charge is 2.37. The molecule has 33 heavy (non-hydrogen) atoms. The number of hydrogen-bond donors (Lipinski definition) is 0. The molecule has 6 nitrogen and oxygen atoms in total. The van der Waals surface area contributed by atoms with Crippen molar-refractivity contribution in [3.63, 3.8) is 0 Å². The Balaban J connectivity index is 1.63. The number of carbonyl (C=O) groups excluding carboxylic acids is 1. The normalized spacial score (nSPS) is 14.2. The van der Waals surface area contributed by atoms with E-state index in [0.29, 0.717) is 30.0 Å². The molecule has 1 aromatic carbocycles. The third kappa shape index (κ3) is 6.32. The van der Waals surface area contributed by atoms with Crippen LogP contribution in [-0.4, -0.2) is 36.4 Å². The lowest BCUT2D eigenvalue weighted by Gasteiger charge is -2.36. The fourth-order valence-electron chi connectivity index (χ4n) is 3.12. The molecule has 0 radical (unpaired) electrons. The Labute approximate surface area is 196 Å². The van der Waals surface area contributed by atoms with E-state index in [0.717, 1.165) is 15.8 Å². The highest BCUT2D eigenvalue weighted by molar-refractivity contribution is 6.74. The summed E-state index contributed by atoms with van der Waals surface area (Å²) >= 11 is 0. The van der Waals surface area contributed by atoms with Gasteiger partial charge >= 0.3 is 6.09 Å². The number of fused-ring (bicyclic) bond motifs is 1. The van der Waals surface area contributed by atoms with Crippen LogP contribution in [-0.2, 0) is 22.2 Å². The summed E-state index contributed by atoms with van der Waals surface area (Å²) < 4.78 is 33.2. The average Bonchev–Trinajstić information content (AvgIpc) is 3.30. The first-order valence-electron chi connectivity index (χ1n) is 11.2. The maximum Gasteiger partial charge on any atom is 0.435 e. The maximum absolute atomic E-state index is 14.8. The molecule has 180 valence electrons. The summed E-state index contributed by atoms with van der Waals surface area (Å²) in [5.41, 5.74) is 2.50. The number of carbonyl (C=O) groups is 1. The van der Waals surface area contributed by atoms with Crippen molar-refractivity contribution in [2.75, 3.05) is 6.61 Å². The molecule has 0 fully saturated rings. The molecule has 1 aromatic heterocycles. The van der Waals surface area contributed by atoms with Crippen molar-refractivity contribution in [2.45, 2.75) is 78.3 Å². The van der Waals surface area contributed by atoms with Crippen molar-refractivity contribution in [3.8, 4) is 5.75 Å². The second kappa shape index (κ2) is 9.06. The molecule has 0 unspecified atom stereocenters. The standard InChI is InChI=1S/C25H35FN2O4Si/c1-24(2,3)32-23(29)28-10-9-19(27-28)16-30-20-13-18-11-17(12-21(18)22(26)14-20)15-31-33(7,8)25(4,5)6/h9-11,13-14H,12,15-16H2,1-8H3. The summed E-state index contributed by atoms with van der Waals surface area (Å²) in [6.45, 7) is 17.0. The largest absolute Gasteiger partial charge is 0.487 e. The van der Waals surface area contributed by atoms with E-state index in [4.69, 9.17) is 13.9 Å². The van der Waals surface area contributed by atoms with Gasteiger partial charge in [-0.1, -0.05) is 26.8 Å². The highest BCUT2D eigenvalue weighted by atomic mass is 28.4. The number of ether oxygens (including phenoxy) is 2. The van der Waals surface area contributed by atoms with Crippen LogP contribution in [0.5, 0.6) is 5.75 Å². The average molecular weight is 475 g/mol. The Kier molecular flexibility index (Phi) is 6.91. The highest BCUT2D eigenvalue weighted by Crippen LogP contribution is 2.38. The molecule has 0 N–H and O–H groups in total. The van der Waals surface area contributed by atoms with E-state index in [9.17, 15) is 9.18 Å².